The number of nitro benzene ring substituents is 1. The fraction of sp³-hybridized carbons (Fsp3) is 0.0769. The molecule has 1 aromatic carbocycles. The van der Waals surface area contributed by atoms with E-state index < -0.39 is 4.92 Å². The summed E-state index contributed by atoms with van der Waals surface area (Å²) in [5, 5.41) is 20.0. The highest BCUT2D eigenvalue weighted by atomic mass is 35.5. The first-order valence-corrected chi connectivity index (χ1v) is 5.89. The van der Waals surface area contributed by atoms with Gasteiger partial charge in [0, 0.05) is 12.3 Å². The number of ether oxygens (including phenoxy) is 1. The molecule has 0 unspecified atom stereocenters. The van der Waals surface area contributed by atoms with Crippen molar-refractivity contribution in [3.05, 3.63) is 62.9 Å². The minimum atomic E-state index is -0.588. The Morgan fingerprint density at radius 1 is 1.40 bits per heavy atom. The van der Waals surface area contributed by atoms with Gasteiger partial charge >= 0.3 is 5.69 Å². The number of hydrogen-bond acceptors (Lipinski definition) is 5. The van der Waals surface area contributed by atoms with Gasteiger partial charge < -0.3 is 4.74 Å². The minimum Gasteiger partial charge on any atom is -0.482 e. The van der Waals surface area contributed by atoms with Gasteiger partial charge in [0.15, 0.2) is 5.75 Å². The Morgan fingerprint density at radius 3 is 2.85 bits per heavy atom. The van der Waals surface area contributed by atoms with Crippen LogP contribution in [0.3, 0.4) is 0 Å². The quantitative estimate of drug-likeness (QED) is 0.490. The van der Waals surface area contributed by atoms with Crippen molar-refractivity contribution in [2.45, 2.75) is 6.61 Å². The van der Waals surface area contributed by atoms with Crippen molar-refractivity contribution in [3.63, 3.8) is 0 Å². The van der Waals surface area contributed by atoms with Gasteiger partial charge in [-0.15, -0.1) is 0 Å². The van der Waals surface area contributed by atoms with Crippen molar-refractivity contribution in [1.82, 2.24) is 4.98 Å². The Bertz CT molecular complexity index is 698. The largest absolute Gasteiger partial charge is 0.482 e. The molecular weight excluding hydrogens is 282 g/mol. The molecule has 0 aliphatic carbocycles. The van der Waals surface area contributed by atoms with Gasteiger partial charge in [0.25, 0.3) is 0 Å². The molecule has 2 rings (SSSR count). The molecule has 0 atom stereocenters. The van der Waals surface area contributed by atoms with Crippen molar-refractivity contribution in [1.29, 1.82) is 5.26 Å². The van der Waals surface area contributed by atoms with Gasteiger partial charge in [0.05, 0.1) is 16.6 Å². The maximum atomic E-state index is 10.9. The second kappa shape index (κ2) is 5.99. The van der Waals surface area contributed by atoms with E-state index in [1.165, 1.54) is 24.4 Å². The summed E-state index contributed by atoms with van der Waals surface area (Å²) in [7, 11) is 0. The van der Waals surface area contributed by atoms with Crippen LogP contribution in [0.5, 0.6) is 5.75 Å². The molecule has 20 heavy (non-hydrogen) atoms. The van der Waals surface area contributed by atoms with E-state index in [1.807, 2.05) is 6.07 Å². The Hall–Kier alpha value is -2.65. The molecule has 0 N–H and O–H groups in total. The number of pyridine rings is 1. The predicted molar refractivity (Wildman–Crippen MR) is 71.4 cm³/mol. The summed E-state index contributed by atoms with van der Waals surface area (Å²) in [6.07, 6.45) is 1.52. The SMILES string of the molecule is N#Cc1ccc(OCc2ccnc(Cl)c2)c([N+](=O)[O-])c1. The van der Waals surface area contributed by atoms with Crippen molar-refractivity contribution in [2.75, 3.05) is 0 Å². The fourth-order valence-electron chi connectivity index (χ4n) is 1.55. The minimum absolute atomic E-state index is 0.0990. The molecule has 0 radical (unpaired) electrons. The molecular formula is C13H8ClN3O3. The van der Waals surface area contributed by atoms with E-state index >= 15 is 0 Å². The summed E-state index contributed by atoms with van der Waals surface area (Å²) in [5.41, 5.74) is 0.698. The van der Waals surface area contributed by atoms with Crippen LogP contribution in [0.2, 0.25) is 5.15 Å². The average molecular weight is 290 g/mol. The third kappa shape index (κ3) is 3.22. The van der Waals surface area contributed by atoms with Crippen molar-refractivity contribution < 1.29 is 9.66 Å². The first-order valence-electron chi connectivity index (χ1n) is 5.52. The number of aromatic nitrogens is 1. The van der Waals surface area contributed by atoms with Gasteiger partial charge in [0.1, 0.15) is 11.8 Å². The molecule has 0 saturated heterocycles. The zero-order valence-electron chi connectivity index (χ0n) is 10.1. The van der Waals surface area contributed by atoms with Gasteiger partial charge in [-0.05, 0) is 29.8 Å². The summed E-state index contributed by atoms with van der Waals surface area (Å²) >= 11 is 5.74. The predicted octanol–water partition coefficient (Wildman–Crippen LogP) is 3.09. The van der Waals surface area contributed by atoms with E-state index in [0.717, 1.165) is 5.56 Å². The maximum Gasteiger partial charge on any atom is 0.312 e. The number of rotatable bonds is 4. The number of benzene rings is 1. The Kier molecular flexibility index (Phi) is 4.13. The molecule has 0 fully saturated rings. The molecule has 0 aliphatic rings. The number of nitro groups is 1. The molecule has 0 aliphatic heterocycles. The van der Waals surface area contributed by atoms with E-state index in [2.05, 4.69) is 4.98 Å². The number of hydrogen-bond donors (Lipinski definition) is 0. The number of nitrogens with zero attached hydrogens (tertiary/aromatic N) is 3. The topological polar surface area (TPSA) is 89.0 Å². The van der Waals surface area contributed by atoms with Crippen LogP contribution >= 0.6 is 11.6 Å². The third-order valence-electron chi connectivity index (χ3n) is 2.47. The summed E-state index contributed by atoms with van der Waals surface area (Å²) in [6.45, 7) is 0.120. The van der Waals surface area contributed by atoms with Crippen LogP contribution in [0.15, 0.2) is 36.5 Å². The lowest BCUT2D eigenvalue weighted by Crippen LogP contribution is -2.00. The second-order valence-electron chi connectivity index (χ2n) is 3.83. The summed E-state index contributed by atoms with van der Waals surface area (Å²) in [6, 6.07) is 9.19. The Morgan fingerprint density at radius 2 is 2.20 bits per heavy atom. The molecule has 100 valence electrons. The molecule has 1 heterocycles. The molecule has 0 amide bonds. The van der Waals surface area contributed by atoms with Crippen LogP contribution in [0.4, 0.5) is 5.69 Å². The molecule has 2 aromatic rings. The lowest BCUT2D eigenvalue weighted by Gasteiger charge is -2.07. The molecule has 0 bridgehead atoms. The highest BCUT2D eigenvalue weighted by Gasteiger charge is 2.16. The summed E-state index contributed by atoms with van der Waals surface area (Å²) < 4.78 is 5.40. The normalized spacial score (nSPS) is 9.80. The molecule has 0 spiro atoms. The highest BCUT2D eigenvalue weighted by Crippen LogP contribution is 2.28. The van der Waals surface area contributed by atoms with Crippen molar-refractivity contribution in [2.24, 2.45) is 0 Å². The monoisotopic (exact) mass is 289 g/mol. The maximum absolute atomic E-state index is 10.9. The molecule has 7 heteroatoms. The first kappa shape index (κ1) is 13.8. The average Bonchev–Trinajstić information content (AvgIpc) is 2.45. The number of nitriles is 1. The van der Waals surface area contributed by atoms with E-state index in [0.29, 0.717) is 5.15 Å². The highest BCUT2D eigenvalue weighted by molar-refractivity contribution is 6.29. The van der Waals surface area contributed by atoms with E-state index in [4.69, 9.17) is 21.6 Å². The van der Waals surface area contributed by atoms with Gasteiger partial charge in [-0.2, -0.15) is 5.26 Å². The van der Waals surface area contributed by atoms with Gasteiger partial charge in [-0.25, -0.2) is 4.98 Å². The lowest BCUT2D eigenvalue weighted by atomic mass is 10.2. The van der Waals surface area contributed by atoms with Crippen molar-refractivity contribution >= 4 is 17.3 Å². The Labute approximate surface area is 119 Å². The summed E-state index contributed by atoms with van der Waals surface area (Å²) in [5.74, 6) is 0.0990. The fourth-order valence-corrected chi connectivity index (χ4v) is 1.74. The van der Waals surface area contributed by atoms with Crippen LogP contribution in [-0.4, -0.2) is 9.91 Å². The van der Waals surface area contributed by atoms with Crippen LogP contribution in [0.25, 0.3) is 0 Å². The van der Waals surface area contributed by atoms with Gasteiger partial charge in [-0.3, -0.25) is 10.1 Å². The standard InChI is InChI=1S/C13H8ClN3O3/c14-13-6-10(3-4-16-13)8-20-12-2-1-9(7-15)5-11(12)17(18)19/h1-6H,8H2. The van der Waals surface area contributed by atoms with Gasteiger partial charge in [0.2, 0.25) is 0 Å². The van der Waals surface area contributed by atoms with E-state index in [1.54, 1.807) is 12.1 Å². The second-order valence-corrected chi connectivity index (χ2v) is 4.21. The van der Waals surface area contributed by atoms with Crippen molar-refractivity contribution in [3.8, 4) is 11.8 Å². The van der Waals surface area contributed by atoms with Crippen LogP contribution in [0.1, 0.15) is 11.1 Å². The molecule has 0 saturated carbocycles. The Balaban J connectivity index is 2.21. The third-order valence-corrected chi connectivity index (χ3v) is 2.68. The van der Waals surface area contributed by atoms with E-state index in [-0.39, 0.29) is 23.6 Å². The van der Waals surface area contributed by atoms with Crippen LogP contribution in [0, 0.1) is 21.4 Å². The van der Waals surface area contributed by atoms with Crippen LogP contribution < -0.4 is 4.74 Å². The van der Waals surface area contributed by atoms with E-state index in [9.17, 15) is 10.1 Å². The molecule has 6 nitrogen and oxygen atoms in total. The number of halogens is 1. The zero-order valence-corrected chi connectivity index (χ0v) is 10.9. The zero-order chi connectivity index (χ0) is 14.5. The summed E-state index contributed by atoms with van der Waals surface area (Å²) in [4.78, 5) is 14.2. The van der Waals surface area contributed by atoms with Crippen LogP contribution in [-0.2, 0) is 6.61 Å². The lowest BCUT2D eigenvalue weighted by molar-refractivity contribution is -0.386. The smallest absolute Gasteiger partial charge is 0.312 e. The molecule has 1 aromatic heterocycles. The first-order chi connectivity index (χ1) is 9.60. The van der Waals surface area contributed by atoms with Gasteiger partial charge in [-0.1, -0.05) is 11.6 Å².